The van der Waals surface area contributed by atoms with Crippen LogP contribution >= 0.6 is 0 Å². The Labute approximate surface area is 116 Å². The van der Waals surface area contributed by atoms with Gasteiger partial charge in [-0.3, -0.25) is 0 Å². The molecule has 1 aliphatic rings. The molecule has 0 bridgehead atoms. The zero-order valence-corrected chi connectivity index (χ0v) is 11.5. The van der Waals surface area contributed by atoms with E-state index < -0.39 is 0 Å². The molecule has 2 N–H and O–H groups in total. The van der Waals surface area contributed by atoms with Crippen molar-refractivity contribution in [2.45, 2.75) is 19.9 Å². The monoisotopic (exact) mass is 272 g/mol. The number of fused-ring (bicyclic) bond motifs is 1. The second-order valence-electron chi connectivity index (χ2n) is 4.71. The first-order valence-electron chi connectivity index (χ1n) is 6.40. The molecule has 0 unspecified atom stereocenters. The first-order chi connectivity index (χ1) is 9.67. The molecule has 7 heteroatoms. The first-order valence-corrected chi connectivity index (χ1v) is 6.40. The summed E-state index contributed by atoms with van der Waals surface area (Å²) in [4.78, 5) is 19.0. The van der Waals surface area contributed by atoms with Crippen LogP contribution in [0.25, 0.3) is 0 Å². The Morgan fingerprint density at radius 1 is 1.30 bits per heavy atom. The lowest BCUT2D eigenvalue weighted by Gasteiger charge is -2.29. The van der Waals surface area contributed by atoms with Crippen LogP contribution in [0.5, 0.6) is 5.88 Å². The van der Waals surface area contributed by atoms with Crippen molar-refractivity contribution in [1.82, 2.24) is 19.9 Å². The molecule has 2 aromatic rings. The van der Waals surface area contributed by atoms with Crippen molar-refractivity contribution in [3.8, 4) is 5.88 Å². The van der Waals surface area contributed by atoms with Gasteiger partial charge in [-0.25, -0.2) is 15.0 Å². The standard InChI is InChI=1S/C13H16N6O/c1-8-5-11(18-13(14)17-8)19-4-3-10-9(6-19)12(20-2)16-7-15-10/h5,7H,3-4,6H2,1-2H3,(H2,14,17,18). The largest absolute Gasteiger partial charge is 0.481 e. The van der Waals surface area contributed by atoms with Gasteiger partial charge < -0.3 is 15.4 Å². The van der Waals surface area contributed by atoms with Gasteiger partial charge in [-0.2, -0.15) is 4.98 Å². The number of aryl methyl sites for hydroxylation is 1. The van der Waals surface area contributed by atoms with Crippen molar-refractivity contribution in [1.29, 1.82) is 0 Å². The molecule has 0 spiro atoms. The maximum atomic E-state index is 5.72. The molecule has 104 valence electrons. The van der Waals surface area contributed by atoms with Crippen LogP contribution in [0, 0.1) is 6.92 Å². The summed E-state index contributed by atoms with van der Waals surface area (Å²) >= 11 is 0. The van der Waals surface area contributed by atoms with Crippen molar-refractivity contribution >= 4 is 11.8 Å². The number of ether oxygens (including phenoxy) is 1. The van der Waals surface area contributed by atoms with E-state index in [1.165, 1.54) is 0 Å². The Morgan fingerprint density at radius 3 is 2.90 bits per heavy atom. The molecule has 0 aliphatic carbocycles. The van der Waals surface area contributed by atoms with Gasteiger partial charge in [0.2, 0.25) is 11.8 Å². The molecule has 0 saturated heterocycles. The van der Waals surface area contributed by atoms with Crippen LogP contribution in [-0.4, -0.2) is 33.6 Å². The number of nitrogens with two attached hydrogens (primary N) is 1. The van der Waals surface area contributed by atoms with Gasteiger partial charge in [0, 0.05) is 24.7 Å². The van der Waals surface area contributed by atoms with E-state index in [4.69, 9.17) is 10.5 Å². The van der Waals surface area contributed by atoms with Crippen molar-refractivity contribution in [3.05, 3.63) is 29.3 Å². The number of hydrogen-bond donors (Lipinski definition) is 1. The third-order valence-corrected chi connectivity index (χ3v) is 3.34. The highest BCUT2D eigenvalue weighted by Crippen LogP contribution is 2.27. The normalized spacial score (nSPS) is 14.0. The fourth-order valence-corrected chi connectivity index (χ4v) is 2.42. The molecular formula is C13H16N6O. The molecule has 3 heterocycles. The van der Waals surface area contributed by atoms with Crippen LogP contribution in [0.4, 0.5) is 11.8 Å². The maximum Gasteiger partial charge on any atom is 0.222 e. The van der Waals surface area contributed by atoms with Gasteiger partial charge in [-0.15, -0.1) is 0 Å². The third-order valence-electron chi connectivity index (χ3n) is 3.34. The summed E-state index contributed by atoms with van der Waals surface area (Å²) in [6.07, 6.45) is 2.37. The first kappa shape index (κ1) is 12.6. The molecule has 3 rings (SSSR count). The van der Waals surface area contributed by atoms with Crippen molar-refractivity contribution in [3.63, 3.8) is 0 Å². The Kier molecular flexibility index (Phi) is 3.09. The minimum atomic E-state index is 0.294. The van der Waals surface area contributed by atoms with Crippen LogP contribution in [0.3, 0.4) is 0 Å². The van der Waals surface area contributed by atoms with Crippen molar-refractivity contribution in [2.24, 2.45) is 0 Å². The van der Waals surface area contributed by atoms with Gasteiger partial charge in [-0.1, -0.05) is 0 Å². The van der Waals surface area contributed by atoms with Gasteiger partial charge in [0.15, 0.2) is 0 Å². The number of rotatable bonds is 2. The summed E-state index contributed by atoms with van der Waals surface area (Å²) in [7, 11) is 1.62. The van der Waals surface area contributed by atoms with Gasteiger partial charge in [-0.05, 0) is 6.92 Å². The highest BCUT2D eigenvalue weighted by Gasteiger charge is 2.22. The summed E-state index contributed by atoms with van der Waals surface area (Å²) in [5.74, 6) is 1.74. The highest BCUT2D eigenvalue weighted by atomic mass is 16.5. The Bertz CT molecular complexity index is 610. The molecule has 20 heavy (non-hydrogen) atoms. The summed E-state index contributed by atoms with van der Waals surface area (Å²) in [5, 5.41) is 0. The lowest BCUT2D eigenvalue weighted by molar-refractivity contribution is 0.387. The van der Waals surface area contributed by atoms with Crippen molar-refractivity contribution in [2.75, 3.05) is 24.3 Å². The summed E-state index contributed by atoms with van der Waals surface area (Å²) < 4.78 is 5.31. The second kappa shape index (κ2) is 4.92. The SMILES string of the molecule is COc1ncnc2c1CN(c1cc(C)nc(N)n1)CC2. The molecule has 0 radical (unpaired) electrons. The van der Waals surface area contributed by atoms with Gasteiger partial charge in [0.1, 0.15) is 12.1 Å². The van der Waals surface area contributed by atoms with Crippen molar-refractivity contribution < 1.29 is 4.74 Å². The van der Waals surface area contributed by atoms with E-state index >= 15 is 0 Å². The molecular weight excluding hydrogens is 256 g/mol. The predicted molar refractivity (Wildman–Crippen MR) is 74.5 cm³/mol. The minimum absolute atomic E-state index is 0.294. The lowest BCUT2D eigenvalue weighted by atomic mass is 10.1. The molecule has 0 atom stereocenters. The van der Waals surface area contributed by atoms with Crippen LogP contribution in [-0.2, 0) is 13.0 Å². The number of aromatic nitrogens is 4. The van der Waals surface area contributed by atoms with E-state index in [1.807, 2.05) is 13.0 Å². The summed E-state index contributed by atoms with van der Waals surface area (Å²) in [6, 6.07) is 1.93. The summed E-state index contributed by atoms with van der Waals surface area (Å²) in [5.41, 5.74) is 8.62. The fourth-order valence-electron chi connectivity index (χ4n) is 2.42. The Morgan fingerprint density at radius 2 is 2.15 bits per heavy atom. The number of nitrogen functional groups attached to an aromatic ring is 1. The molecule has 0 amide bonds. The number of hydrogen-bond acceptors (Lipinski definition) is 7. The minimum Gasteiger partial charge on any atom is -0.481 e. The average Bonchev–Trinajstić information content (AvgIpc) is 2.45. The predicted octanol–water partition coefficient (Wildman–Crippen LogP) is 0.729. The Hall–Kier alpha value is -2.44. The topological polar surface area (TPSA) is 90.1 Å². The number of anilines is 2. The number of nitrogens with zero attached hydrogens (tertiary/aromatic N) is 5. The molecule has 0 fully saturated rings. The fraction of sp³-hybridized carbons (Fsp3) is 0.385. The van der Waals surface area contributed by atoms with Crippen LogP contribution in [0.1, 0.15) is 17.0 Å². The maximum absolute atomic E-state index is 5.72. The smallest absolute Gasteiger partial charge is 0.222 e. The van der Waals surface area contributed by atoms with Gasteiger partial charge in [0.25, 0.3) is 0 Å². The van der Waals surface area contributed by atoms with E-state index in [9.17, 15) is 0 Å². The molecule has 0 aromatic carbocycles. The lowest BCUT2D eigenvalue weighted by Crippen LogP contribution is -2.32. The van der Waals surface area contributed by atoms with E-state index in [-0.39, 0.29) is 0 Å². The zero-order chi connectivity index (χ0) is 14.1. The number of methoxy groups -OCH3 is 1. The molecule has 1 aliphatic heterocycles. The zero-order valence-electron chi connectivity index (χ0n) is 11.5. The van der Waals surface area contributed by atoms with E-state index in [1.54, 1.807) is 13.4 Å². The van der Waals surface area contributed by atoms with Gasteiger partial charge >= 0.3 is 0 Å². The second-order valence-corrected chi connectivity index (χ2v) is 4.71. The molecule has 7 nitrogen and oxygen atoms in total. The third kappa shape index (κ3) is 2.22. The van der Waals surface area contributed by atoms with Gasteiger partial charge in [0.05, 0.1) is 24.9 Å². The highest BCUT2D eigenvalue weighted by molar-refractivity contribution is 5.47. The van der Waals surface area contributed by atoms with Crippen LogP contribution in [0.2, 0.25) is 0 Å². The van der Waals surface area contributed by atoms with E-state index in [0.29, 0.717) is 18.4 Å². The van der Waals surface area contributed by atoms with Crippen LogP contribution in [0.15, 0.2) is 12.4 Å². The molecule has 2 aromatic heterocycles. The van der Waals surface area contributed by atoms with Crippen LogP contribution < -0.4 is 15.4 Å². The van der Waals surface area contributed by atoms with E-state index in [2.05, 4.69) is 24.8 Å². The quantitative estimate of drug-likeness (QED) is 0.861. The van der Waals surface area contributed by atoms with E-state index in [0.717, 1.165) is 35.7 Å². The average molecular weight is 272 g/mol. The Balaban J connectivity index is 1.95. The molecule has 0 saturated carbocycles. The summed E-state index contributed by atoms with van der Waals surface area (Å²) in [6.45, 7) is 3.40.